The number of amides is 1. The van der Waals surface area contributed by atoms with Crippen molar-refractivity contribution in [2.24, 2.45) is 0 Å². The van der Waals surface area contributed by atoms with E-state index in [0.29, 0.717) is 11.9 Å². The van der Waals surface area contributed by atoms with Gasteiger partial charge in [-0.3, -0.25) is 9.69 Å². The number of likely N-dealkylation sites (N-methyl/N-ethyl adjacent to an activating group) is 2. The van der Waals surface area contributed by atoms with Gasteiger partial charge in [0, 0.05) is 26.2 Å². The number of nitrogens with zero attached hydrogens (tertiary/aromatic N) is 2. The van der Waals surface area contributed by atoms with Gasteiger partial charge in [-0.15, -0.1) is 0 Å². The third kappa shape index (κ3) is 3.68. The summed E-state index contributed by atoms with van der Waals surface area (Å²) in [5, 5.41) is 6.51. The lowest BCUT2D eigenvalue weighted by atomic mass is 10.0. The molecule has 19 heavy (non-hydrogen) atoms. The standard InChI is InChI=1S/C14H28N4O/c1-15-9-11-17(2)14(19)13-4-3-10-18(13)12-5-7-16-8-6-12/h12-13,15-16H,3-11H2,1-2H3. The monoisotopic (exact) mass is 268 g/mol. The van der Waals surface area contributed by atoms with Gasteiger partial charge < -0.3 is 15.5 Å². The first-order valence-corrected chi connectivity index (χ1v) is 7.60. The van der Waals surface area contributed by atoms with Gasteiger partial charge in [-0.2, -0.15) is 0 Å². The molecule has 0 aromatic heterocycles. The smallest absolute Gasteiger partial charge is 0.239 e. The first-order valence-electron chi connectivity index (χ1n) is 7.60. The molecule has 0 aliphatic carbocycles. The second-order valence-electron chi connectivity index (χ2n) is 5.74. The van der Waals surface area contributed by atoms with Crippen LogP contribution in [0, 0.1) is 0 Å². The van der Waals surface area contributed by atoms with Crippen molar-refractivity contribution in [3.8, 4) is 0 Å². The molecule has 2 saturated heterocycles. The lowest BCUT2D eigenvalue weighted by Gasteiger charge is -2.36. The van der Waals surface area contributed by atoms with E-state index in [-0.39, 0.29) is 6.04 Å². The van der Waals surface area contributed by atoms with Crippen LogP contribution >= 0.6 is 0 Å². The molecule has 1 amide bonds. The predicted octanol–water partition coefficient (Wildman–Crippen LogP) is -0.119. The zero-order valence-electron chi connectivity index (χ0n) is 12.3. The van der Waals surface area contributed by atoms with Crippen molar-refractivity contribution in [3.63, 3.8) is 0 Å². The van der Waals surface area contributed by atoms with Crippen molar-refractivity contribution in [3.05, 3.63) is 0 Å². The number of hydrogen-bond donors (Lipinski definition) is 2. The fourth-order valence-corrected chi connectivity index (χ4v) is 3.27. The Bertz CT molecular complexity index is 291. The van der Waals surface area contributed by atoms with E-state index >= 15 is 0 Å². The SMILES string of the molecule is CNCCN(C)C(=O)C1CCCN1C1CCNCC1. The van der Waals surface area contributed by atoms with Crippen molar-refractivity contribution in [2.75, 3.05) is 46.8 Å². The van der Waals surface area contributed by atoms with Gasteiger partial charge in [0.25, 0.3) is 0 Å². The largest absolute Gasteiger partial charge is 0.343 e. The van der Waals surface area contributed by atoms with Gasteiger partial charge in [0.05, 0.1) is 6.04 Å². The lowest BCUT2D eigenvalue weighted by molar-refractivity contribution is -0.135. The van der Waals surface area contributed by atoms with Crippen molar-refractivity contribution in [1.29, 1.82) is 0 Å². The highest BCUT2D eigenvalue weighted by Crippen LogP contribution is 2.25. The first-order chi connectivity index (χ1) is 9.24. The van der Waals surface area contributed by atoms with E-state index in [2.05, 4.69) is 15.5 Å². The predicted molar refractivity (Wildman–Crippen MR) is 77.2 cm³/mol. The Morgan fingerprint density at radius 3 is 2.79 bits per heavy atom. The van der Waals surface area contributed by atoms with E-state index in [1.54, 1.807) is 0 Å². The van der Waals surface area contributed by atoms with Crippen LogP contribution in [0.25, 0.3) is 0 Å². The van der Waals surface area contributed by atoms with E-state index in [9.17, 15) is 4.79 Å². The van der Waals surface area contributed by atoms with Crippen LogP contribution in [0.4, 0.5) is 0 Å². The molecule has 0 bridgehead atoms. The Morgan fingerprint density at radius 2 is 2.11 bits per heavy atom. The van der Waals surface area contributed by atoms with Crippen molar-refractivity contribution in [1.82, 2.24) is 20.4 Å². The van der Waals surface area contributed by atoms with E-state index in [1.807, 2.05) is 19.0 Å². The van der Waals surface area contributed by atoms with Crippen LogP contribution in [0.3, 0.4) is 0 Å². The van der Waals surface area contributed by atoms with E-state index in [0.717, 1.165) is 39.1 Å². The minimum absolute atomic E-state index is 0.130. The molecule has 2 aliphatic rings. The molecular formula is C14H28N4O. The van der Waals surface area contributed by atoms with Crippen LogP contribution in [0.5, 0.6) is 0 Å². The summed E-state index contributed by atoms with van der Waals surface area (Å²) < 4.78 is 0. The van der Waals surface area contributed by atoms with Crippen LogP contribution in [-0.2, 0) is 4.79 Å². The highest BCUT2D eigenvalue weighted by molar-refractivity contribution is 5.82. The van der Waals surface area contributed by atoms with Crippen molar-refractivity contribution in [2.45, 2.75) is 37.8 Å². The molecule has 2 heterocycles. The molecule has 2 N–H and O–H groups in total. The fraction of sp³-hybridized carbons (Fsp3) is 0.929. The number of carbonyl (C=O) groups excluding carboxylic acids is 1. The first kappa shape index (κ1) is 14.8. The number of nitrogens with one attached hydrogen (secondary N) is 2. The van der Waals surface area contributed by atoms with E-state index in [1.165, 1.54) is 19.3 Å². The second-order valence-corrected chi connectivity index (χ2v) is 5.74. The van der Waals surface area contributed by atoms with Crippen LogP contribution < -0.4 is 10.6 Å². The summed E-state index contributed by atoms with van der Waals surface area (Å²) in [7, 11) is 3.85. The Labute approximate surface area is 116 Å². The molecule has 0 radical (unpaired) electrons. The van der Waals surface area contributed by atoms with Gasteiger partial charge in [0.2, 0.25) is 5.91 Å². The summed E-state index contributed by atoms with van der Waals surface area (Å²) in [4.78, 5) is 16.9. The minimum atomic E-state index is 0.130. The average molecular weight is 268 g/mol. The third-order valence-electron chi connectivity index (χ3n) is 4.43. The Morgan fingerprint density at radius 1 is 1.37 bits per heavy atom. The average Bonchev–Trinajstić information content (AvgIpc) is 2.94. The molecule has 0 spiro atoms. The fourth-order valence-electron chi connectivity index (χ4n) is 3.27. The summed E-state index contributed by atoms with van der Waals surface area (Å²) in [5.41, 5.74) is 0. The van der Waals surface area contributed by atoms with E-state index in [4.69, 9.17) is 0 Å². The quantitative estimate of drug-likeness (QED) is 0.730. The van der Waals surface area contributed by atoms with Gasteiger partial charge in [-0.05, 0) is 52.4 Å². The maximum absolute atomic E-state index is 12.5. The molecule has 2 rings (SSSR count). The Kier molecular flexibility index (Phi) is 5.60. The summed E-state index contributed by atoms with van der Waals surface area (Å²) in [6.45, 7) is 4.95. The summed E-state index contributed by atoms with van der Waals surface area (Å²) >= 11 is 0. The van der Waals surface area contributed by atoms with Crippen LogP contribution in [-0.4, -0.2) is 74.6 Å². The molecular weight excluding hydrogens is 240 g/mol. The number of likely N-dealkylation sites (tertiary alicyclic amines) is 1. The lowest BCUT2D eigenvalue weighted by Crippen LogP contribution is -2.51. The Balaban J connectivity index is 1.91. The molecule has 1 unspecified atom stereocenters. The molecule has 0 aromatic carbocycles. The molecule has 1 atom stereocenters. The van der Waals surface area contributed by atoms with Gasteiger partial charge >= 0.3 is 0 Å². The molecule has 0 aromatic rings. The number of carbonyl (C=O) groups is 1. The molecule has 2 aliphatic heterocycles. The van der Waals surface area contributed by atoms with Gasteiger partial charge in [0.1, 0.15) is 0 Å². The van der Waals surface area contributed by atoms with Crippen LogP contribution in [0.1, 0.15) is 25.7 Å². The number of rotatable bonds is 5. The van der Waals surface area contributed by atoms with Crippen molar-refractivity contribution < 1.29 is 4.79 Å². The van der Waals surface area contributed by atoms with Crippen LogP contribution in [0.15, 0.2) is 0 Å². The summed E-state index contributed by atoms with van der Waals surface area (Å²) in [5.74, 6) is 0.311. The van der Waals surface area contributed by atoms with Crippen molar-refractivity contribution >= 4 is 5.91 Å². The molecule has 2 fully saturated rings. The third-order valence-corrected chi connectivity index (χ3v) is 4.43. The zero-order chi connectivity index (χ0) is 13.7. The number of hydrogen-bond acceptors (Lipinski definition) is 4. The Hall–Kier alpha value is -0.650. The van der Waals surface area contributed by atoms with Gasteiger partial charge in [-0.1, -0.05) is 0 Å². The minimum Gasteiger partial charge on any atom is -0.343 e. The normalized spacial score (nSPS) is 25.7. The van der Waals surface area contributed by atoms with E-state index < -0.39 is 0 Å². The highest BCUT2D eigenvalue weighted by atomic mass is 16.2. The van der Waals surface area contributed by atoms with Gasteiger partial charge in [-0.25, -0.2) is 0 Å². The second kappa shape index (κ2) is 7.22. The van der Waals surface area contributed by atoms with Crippen LogP contribution in [0.2, 0.25) is 0 Å². The number of piperidine rings is 1. The topological polar surface area (TPSA) is 47.6 Å². The molecule has 5 heteroatoms. The maximum Gasteiger partial charge on any atom is 0.239 e. The zero-order valence-corrected chi connectivity index (χ0v) is 12.3. The van der Waals surface area contributed by atoms with Gasteiger partial charge in [0.15, 0.2) is 0 Å². The molecule has 5 nitrogen and oxygen atoms in total. The summed E-state index contributed by atoms with van der Waals surface area (Å²) in [6.07, 6.45) is 4.57. The maximum atomic E-state index is 12.5. The molecule has 110 valence electrons. The molecule has 0 saturated carbocycles. The summed E-state index contributed by atoms with van der Waals surface area (Å²) in [6, 6.07) is 0.736. The highest BCUT2D eigenvalue weighted by Gasteiger charge is 2.36.